The molecular weight excluding hydrogens is 322 g/mol. The number of rotatable bonds is 7. The number of methoxy groups -OCH3 is 1. The van der Waals surface area contributed by atoms with Gasteiger partial charge in [-0.2, -0.15) is 0 Å². The van der Waals surface area contributed by atoms with Gasteiger partial charge >= 0.3 is 5.97 Å². The summed E-state index contributed by atoms with van der Waals surface area (Å²) in [4.78, 5) is 22.7. The highest BCUT2D eigenvalue weighted by Gasteiger charge is 2.18. The highest BCUT2D eigenvalue weighted by Crippen LogP contribution is 2.28. The lowest BCUT2D eigenvalue weighted by atomic mass is 9.87. The molecule has 0 spiro atoms. The fourth-order valence-electron chi connectivity index (χ4n) is 2.87. The monoisotopic (exact) mass is 347 g/mol. The van der Waals surface area contributed by atoms with Crippen LogP contribution in [-0.2, 0) is 9.59 Å². The van der Waals surface area contributed by atoms with Crippen molar-refractivity contribution in [3.05, 3.63) is 29.8 Å². The van der Waals surface area contributed by atoms with E-state index in [4.69, 9.17) is 14.6 Å². The van der Waals surface area contributed by atoms with Gasteiger partial charge in [-0.25, -0.2) is 4.79 Å². The van der Waals surface area contributed by atoms with Gasteiger partial charge in [-0.1, -0.05) is 13.0 Å². The van der Waals surface area contributed by atoms with E-state index in [2.05, 4.69) is 12.2 Å². The van der Waals surface area contributed by atoms with E-state index in [1.165, 1.54) is 13.2 Å². The molecule has 1 aromatic rings. The molecule has 2 rings (SSSR count). The third-order valence-corrected chi connectivity index (χ3v) is 4.33. The van der Waals surface area contributed by atoms with Crippen LogP contribution in [0.3, 0.4) is 0 Å². The molecule has 0 saturated heterocycles. The Morgan fingerprint density at radius 2 is 1.96 bits per heavy atom. The standard InChI is InChI=1S/C19H25NO5/c1-13-3-7-15(8-4-13)20-18(21)10-6-14-5-9-16(24-2)17(11-14)25-12-19(22)23/h5-6,9-11,13,15H,3-4,7-8,12H2,1-2H3,(H,20,21)(H,22,23)/b10-6+/t13-,15-. The van der Waals surface area contributed by atoms with Crippen LogP contribution in [0.5, 0.6) is 11.5 Å². The van der Waals surface area contributed by atoms with Crippen LogP contribution in [-0.4, -0.2) is 36.7 Å². The van der Waals surface area contributed by atoms with Gasteiger partial charge in [-0.05, 0) is 55.4 Å². The number of carboxylic acid groups (broad SMARTS) is 1. The minimum Gasteiger partial charge on any atom is -0.493 e. The maximum absolute atomic E-state index is 12.1. The number of carboxylic acids is 1. The van der Waals surface area contributed by atoms with Gasteiger partial charge in [0, 0.05) is 12.1 Å². The predicted octanol–water partition coefficient (Wildman–Crippen LogP) is 2.87. The number of nitrogens with one attached hydrogen (secondary N) is 1. The van der Waals surface area contributed by atoms with Gasteiger partial charge in [-0.3, -0.25) is 4.79 Å². The first-order valence-electron chi connectivity index (χ1n) is 8.49. The quantitative estimate of drug-likeness (QED) is 0.741. The summed E-state index contributed by atoms with van der Waals surface area (Å²) in [5.74, 6) is 0.327. The lowest BCUT2D eigenvalue weighted by molar-refractivity contribution is -0.139. The van der Waals surface area contributed by atoms with Crippen LogP contribution < -0.4 is 14.8 Å². The molecule has 25 heavy (non-hydrogen) atoms. The Labute approximate surface area is 147 Å². The van der Waals surface area contributed by atoms with E-state index in [0.29, 0.717) is 11.5 Å². The smallest absolute Gasteiger partial charge is 0.341 e. The Morgan fingerprint density at radius 3 is 2.60 bits per heavy atom. The number of amides is 1. The maximum atomic E-state index is 12.1. The second-order valence-electron chi connectivity index (χ2n) is 6.39. The molecule has 1 aromatic carbocycles. The van der Waals surface area contributed by atoms with Crippen LogP contribution in [0.4, 0.5) is 0 Å². The Balaban J connectivity index is 1.96. The van der Waals surface area contributed by atoms with Crippen LogP contribution in [0.25, 0.3) is 6.08 Å². The summed E-state index contributed by atoms with van der Waals surface area (Å²) in [6.45, 7) is 1.79. The first kappa shape index (κ1) is 18.8. The number of carbonyl (C=O) groups excluding carboxylic acids is 1. The molecule has 0 heterocycles. The number of aliphatic carboxylic acids is 1. The molecule has 0 aliphatic heterocycles. The summed E-state index contributed by atoms with van der Waals surface area (Å²) in [6, 6.07) is 5.35. The summed E-state index contributed by atoms with van der Waals surface area (Å²) in [5.41, 5.74) is 0.730. The molecular formula is C19H25NO5. The topological polar surface area (TPSA) is 84.9 Å². The largest absolute Gasteiger partial charge is 0.493 e. The minimum absolute atomic E-state index is 0.122. The second-order valence-corrected chi connectivity index (χ2v) is 6.39. The number of ether oxygens (including phenoxy) is 2. The summed E-state index contributed by atoms with van der Waals surface area (Å²) >= 11 is 0. The number of hydrogen-bond donors (Lipinski definition) is 2. The third-order valence-electron chi connectivity index (χ3n) is 4.33. The van der Waals surface area contributed by atoms with Crippen molar-refractivity contribution in [2.45, 2.75) is 38.6 Å². The van der Waals surface area contributed by atoms with E-state index in [-0.39, 0.29) is 11.9 Å². The van der Waals surface area contributed by atoms with E-state index in [1.54, 1.807) is 24.3 Å². The SMILES string of the molecule is COc1ccc(/C=C/C(=O)N[C@H]2CC[C@H](C)CC2)cc1OCC(=O)O. The molecule has 1 saturated carbocycles. The van der Waals surface area contributed by atoms with E-state index in [0.717, 1.165) is 37.2 Å². The molecule has 6 heteroatoms. The zero-order valence-electron chi connectivity index (χ0n) is 14.7. The normalized spacial score (nSPS) is 20.2. The molecule has 1 fully saturated rings. The predicted molar refractivity (Wildman–Crippen MR) is 94.7 cm³/mol. The molecule has 2 N–H and O–H groups in total. The Morgan fingerprint density at radius 1 is 1.24 bits per heavy atom. The lowest BCUT2D eigenvalue weighted by Gasteiger charge is -2.26. The summed E-state index contributed by atoms with van der Waals surface area (Å²) in [5, 5.41) is 11.8. The summed E-state index contributed by atoms with van der Waals surface area (Å²) in [6.07, 6.45) is 7.51. The zero-order chi connectivity index (χ0) is 18.2. The molecule has 6 nitrogen and oxygen atoms in total. The second kappa shape index (κ2) is 9.11. The zero-order valence-corrected chi connectivity index (χ0v) is 14.7. The summed E-state index contributed by atoms with van der Waals surface area (Å²) < 4.78 is 10.4. The maximum Gasteiger partial charge on any atom is 0.341 e. The molecule has 0 atom stereocenters. The van der Waals surface area contributed by atoms with Crippen LogP contribution in [0.1, 0.15) is 38.2 Å². The van der Waals surface area contributed by atoms with E-state index in [9.17, 15) is 9.59 Å². The van der Waals surface area contributed by atoms with E-state index < -0.39 is 12.6 Å². The average molecular weight is 347 g/mol. The van der Waals surface area contributed by atoms with Crippen molar-refractivity contribution in [3.8, 4) is 11.5 Å². The number of hydrogen-bond acceptors (Lipinski definition) is 4. The Bertz CT molecular complexity index is 633. The van der Waals surface area contributed by atoms with Gasteiger partial charge in [0.1, 0.15) is 0 Å². The highest BCUT2D eigenvalue weighted by atomic mass is 16.5. The van der Waals surface area contributed by atoms with E-state index >= 15 is 0 Å². The minimum atomic E-state index is -1.07. The van der Waals surface area contributed by atoms with Crippen LogP contribution in [0.2, 0.25) is 0 Å². The molecule has 1 aliphatic carbocycles. The van der Waals surface area contributed by atoms with Gasteiger partial charge in [0.15, 0.2) is 18.1 Å². The van der Waals surface area contributed by atoms with Crippen molar-refractivity contribution >= 4 is 18.0 Å². The fourth-order valence-corrected chi connectivity index (χ4v) is 2.87. The van der Waals surface area contributed by atoms with Crippen LogP contribution >= 0.6 is 0 Å². The van der Waals surface area contributed by atoms with Gasteiger partial charge in [0.2, 0.25) is 5.91 Å². The van der Waals surface area contributed by atoms with Crippen molar-refractivity contribution in [2.24, 2.45) is 5.92 Å². The molecule has 1 amide bonds. The van der Waals surface area contributed by atoms with Gasteiger partial charge < -0.3 is 19.9 Å². The molecule has 0 radical (unpaired) electrons. The Hall–Kier alpha value is -2.50. The van der Waals surface area contributed by atoms with Crippen molar-refractivity contribution < 1.29 is 24.2 Å². The molecule has 1 aliphatic rings. The van der Waals surface area contributed by atoms with E-state index in [1.807, 2.05) is 0 Å². The first-order chi connectivity index (χ1) is 12.0. The fraction of sp³-hybridized carbons (Fsp3) is 0.474. The third kappa shape index (κ3) is 6.14. The molecule has 0 unspecified atom stereocenters. The molecule has 136 valence electrons. The van der Waals surface area contributed by atoms with Gasteiger partial charge in [-0.15, -0.1) is 0 Å². The average Bonchev–Trinajstić information content (AvgIpc) is 2.60. The highest BCUT2D eigenvalue weighted by molar-refractivity contribution is 5.92. The number of benzene rings is 1. The van der Waals surface area contributed by atoms with Crippen LogP contribution in [0, 0.1) is 5.92 Å². The lowest BCUT2D eigenvalue weighted by Crippen LogP contribution is -2.36. The van der Waals surface area contributed by atoms with Crippen molar-refractivity contribution in [3.63, 3.8) is 0 Å². The molecule has 0 bridgehead atoms. The molecule has 0 aromatic heterocycles. The first-order valence-corrected chi connectivity index (χ1v) is 8.49. The van der Waals surface area contributed by atoms with Crippen LogP contribution in [0.15, 0.2) is 24.3 Å². The number of carbonyl (C=O) groups is 2. The van der Waals surface area contributed by atoms with Crippen molar-refractivity contribution in [1.82, 2.24) is 5.32 Å². The van der Waals surface area contributed by atoms with Gasteiger partial charge in [0.05, 0.1) is 7.11 Å². The van der Waals surface area contributed by atoms with Crippen molar-refractivity contribution in [2.75, 3.05) is 13.7 Å². The van der Waals surface area contributed by atoms with Gasteiger partial charge in [0.25, 0.3) is 0 Å². The summed E-state index contributed by atoms with van der Waals surface area (Å²) in [7, 11) is 1.48. The Kier molecular flexibility index (Phi) is 6.86. The van der Waals surface area contributed by atoms with Crippen molar-refractivity contribution in [1.29, 1.82) is 0 Å².